The zero-order chi connectivity index (χ0) is 24.9. The second-order valence-corrected chi connectivity index (χ2v) is 9.19. The summed E-state index contributed by atoms with van der Waals surface area (Å²) in [6, 6.07) is 23.4. The molecule has 0 radical (unpaired) electrons. The molecule has 2 heterocycles. The number of nitrogens with one attached hydrogen (secondary N) is 1. The molecular formula is C29H30N2O5. The maximum atomic E-state index is 13.1. The van der Waals surface area contributed by atoms with E-state index in [-0.39, 0.29) is 24.5 Å². The standard InChI is InChI=1S/C29H30N2O5/c1-20(36-25-10-6-5-9-23(25)17-21-7-3-2-4-8-21)29(33)31-15-13-22(14-16-31)28(32)30-24-11-12-26-27(18-24)35-19-34-26/h2-12,18,20,22H,13-17,19H2,1H3,(H,30,32). The van der Waals surface area contributed by atoms with Crippen LogP contribution in [0.3, 0.4) is 0 Å². The lowest BCUT2D eigenvalue weighted by molar-refractivity contribution is -0.140. The quantitative estimate of drug-likeness (QED) is 0.526. The van der Waals surface area contributed by atoms with E-state index in [1.165, 1.54) is 5.56 Å². The molecule has 0 spiro atoms. The van der Waals surface area contributed by atoms with E-state index in [0.29, 0.717) is 43.1 Å². The summed E-state index contributed by atoms with van der Waals surface area (Å²) in [7, 11) is 0. The predicted molar refractivity (Wildman–Crippen MR) is 136 cm³/mol. The summed E-state index contributed by atoms with van der Waals surface area (Å²) in [5.74, 6) is 1.79. The fraction of sp³-hybridized carbons (Fsp3) is 0.310. The molecule has 0 bridgehead atoms. The fourth-order valence-electron chi connectivity index (χ4n) is 4.66. The van der Waals surface area contributed by atoms with E-state index in [2.05, 4.69) is 17.4 Å². The van der Waals surface area contributed by atoms with Crippen molar-refractivity contribution in [1.82, 2.24) is 4.90 Å². The number of nitrogens with zero attached hydrogens (tertiary/aromatic N) is 1. The van der Waals surface area contributed by atoms with Crippen molar-refractivity contribution in [3.8, 4) is 17.2 Å². The third-order valence-electron chi connectivity index (χ3n) is 6.68. The SMILES string of the molecule is CC(Oc1ccccc1Cc1ccccc1)C(=O)N1CCC(C(=O)Nc2ccc3c(c2)OCO3)CC1. The van der Waals surface area contributed by atoms with Crippen molar-refractivity contribution in [2.75, 3.05) is 25.2 Å². The van der Waals surface area contributed by atoms with E-state index < -0.39 is 6.10 Å². The molecular weight excluding hydrogens is 456 g/mol. The van der Waals surface area contributed by atoms with Crippen molar-refractivity contribution in [2.24, 2.45) is 5.92 Å². The Balaban J connectivity index is 1.14. The fourth-order valence-corrected chi connectivity index (χ4v) is 4.66. The summed E-state index contributed by atoms with van der Waals surface area (Å²) < 4.78 is 16.8. The van der Waals surface area contributed by atoms with Crippen molar-refractivity contribution >= 4 is 17.5 Å². The third-order valence-corrected chi connectivity index (χ3v) is 6.68. The molecule has 7 heteroatoms. The van der Waals surface area contributed by atoms with Crippen LogP contribution in [0.2, 0.25) is 0 Å². The summed E-state index contributed by atoms with van der Waals surface area (Å²) in [5, 5.41) is 2.96. The lowest BCUT2D eigenvalue weighted by Crippen LogP contribution is -2.46. The number of hydrogen-bond acceptors (Lipinski definition) is 5. The number of fused-ring (bicyclic) bond motifs is 1. The van der Waals surface area contributed by atoms with Crippen LogP contribution < -0.4 is 19.5 Å². The minimum atomic E-state index is -0.610. The van der Waals surface area contributed by atoms with Crippen molar-refractivity contribution in [3.05, 3.63) is 83.9 Å². The number of ether oxygens (including phenoxy) is 3. The molecule has 0 saturated carbocycles. The van der Waals surface area contributed by atoms with Crippen LogP contribution in [-0.4, -0.2) is 42.7 Å². The number of rotatable bonds is 7. The lowest BCUT2D eigenvalue weighted by atomic mass is 9.95. The number of hydrogen-bond donors (Lipinski definition) is 1. The number of carbonyl (C=O) groups is 2. The van der Waals surface area contributed by atoms with Crippen LogP contribution in [0.15, 0.2) is 72.8 Å². The minimum absolute atomic E-state index is 0.0416. The van der Waals surface area contributed by atoms with Crippen LogP contribution in [0.1, 0.15) is 30.9 Å². The highest BCUT2D eigenvalue weighted by Crippen LogP contribution is 2.34. The van der Waals surface area contributed by atoms with Gasteiger partial charge in [0.15, 0.2) is 17.6 Å². The van der Waals surface area contributed by atoms with Gasteiger partial charge in [-0.15, -0.1) is 0 Å². The van der Waals surface area contributed by atoms with Gasteiger partial charge in [0.05, 0.1) is 0 Å². The molecule has 2 amide bonds. The first kappa shape index (κ1) is 23.7. The topological polar surface area (TPSA) is 77.1 Å². The Morgan fingerprint density at radius 1 is 0.972 bits per heavy atom. The van der Waals surface area contributed by atoms with Crippen LogP contribution in [0, 0.1) is 5.92 Å². The van der Waals surface area contributed by atoms with Gasteiger partial charge in [0.1, 0.15) is 5.75 Å². The molecule has 2 aliphatic rings. The van der Waals surface area contributed by atoms with Crippen LogP contribution in [0.5, 0.6) is 17.2 Å². The Morgan fingerprint density at radius 3 is 2.50 bits per heavy atom. The number of carbonyl (C=O) groups excluding carboxylic acids is 2. The molecule has 3 aromatic rings. The van der Waals surface area contributed by atoms with Crippen molar-refractivity contribution in [2.45, 2.75) is 32.3 Å². The zero-order valence-electron chi connectivity index (χ0n) is 20.3. The van der Waals surface area contributed by atoms with Gasteiger partial charge < -0.3 is 24.4 Å². The Kier molecular flexibility index (Phi) is 7.07. The summed E-state index contributed by atoms with van der Waals surface area (Å²) in [4.78, 5) is 27.7. The average Bonchev–Trinajstić information content (AvgIpc) is 3.38. The first-order chi connectivity index (χ1) is 17.6. The van der Waals surface area contributed by atoms with Gasteiger partial charge >= 0.3 is 0 Å². The van der Waals surface area contributed by atoms with Gasteiger partial charge in [0.2, 0.25) is 12.7 Å². The van der Waals surface area contributed by atoms with Gasteiger partial charge in [0, 0.05) is 37.2 Å². The molecule has 7 nitrogen and oxygen atoms in total. The second-order valence-electron chi connectivity index (χ2n) is 9.19. The molecule has 3 aromatic carbocycles. The first-order valence-corrected chi connectivity index (χ1v) is 12.3. The summed E-state index contributed by atoms with van der Waals surface area (Å²) >= 11 is 0. The molecule has 0 aromatic heterocycles. The number of benzene rings is 3. The molecule has 5 rings (SSSR count). The van der Waals surface area contributed by atoms with E-state index in [9.17, 15) is 9.59 Å². The van der Waals surface area contributed by atoms with E-state index in [4.69, 9.17) is 14.2 Å². The monoisotopic (exact) mass is 486 g/mol. The Bertz CT molecular complexity index is 1220. The van der Waals surface area contributed by atoms with Gasteiger partial charge in [-0.25, -0.2) is 0 Å². The molecule has 2 aliphatic heterocycles. The highest BCUT2D eigenvalue weighted by molar-refractivity contribution is 5.93. The smallest absolute Gasteiger partial charge is 0.263 e. The van der Waals surface area contributed by atoms with Crippen LogP contribution in [0.4, 0.5) is 5.69 Å². The molecule has 186 valence electrons. The van der Waals surface area contributed by atoms with E-state index >= 15 is 0 Å². The normalized spacial score (nSPS) is 15.9. The summed E-state index contributed by atoms with van der Waals surface area (Å²) in [5.41, 5.74) is 2.91. The second kappa shape index (κ2) is 10.7. The number of para-hydroxylation sites is 1. The minimum Gasteiger partial charge on any atom is -0.481 e. The van der Waals surface area contributed by atoms with Gasteiger partial charge in [-0.1, -0.05) is 48.5 Å². The Morgan fingerprint density at radius 2 is 1.69 bits per heavy atom. The largest absolute Gasteiger partial charge is 0.481 e. The van der Waals surface area contributed by atoms with Crippen LogP contribution in [0.25, 0.3) is 0 Å². The molecule has 1 N–H and O–H groups in total. The zero-order valence-corrected chi connectivity index (χ0v) is 20.3. The maximum Gasteiger partial charge on any atom is 0.263 e. The van der Waals surface area contributed by atoms with Crippen LogP contribution >= 0.6 is 0 Å². The Labute approximate surface area is 211 Å². The number of anilines is 1. The number of amides is 2. The molecule has 36 heavy (non-hydrogen) atoms. The Hall–Kier alpha value is -4.00. The molecule has 1 unspecified atom stereocenters. The average molecular weight is 487 g/mol. The number of piperidine rings is 1. The van der Waals surface area contributed by atoms with Crippen molar-refractivity contribution in [3.63, 3.8) is 0 Å². The molecule has 1 fully saturated rings. The number of likely N-dealkylation sites (tertiary alicyclic amines) is 1. The summed E-state index contributed by atoms with van der Waals surface area (Å²) in [6.45, 7) is 3.04. The third kappa shape index (κ3) is 5.46. The lowest BCUT2D eigenvalue weighted by Gasteiger charge is -2.33. The van der Waals surface area contributed by atoms with E-state index in [1.54, 1.807) is 30.0 Å². The maximum absolute atomic E-state index is 13.1. The van der Waals surface area contributed by atoms with Gasteiger partial charge in [-0.05, 0) is 49.1 Å². The molecule has 0 aliphatic carbocycles. The highest BCUT2D eigenvalue weighted by Gasteiger charge is 2.30. The molecule has 1 atom stereocenters. The van der Waals surface area contributed by atoms with Gasteiger partial charge in [0.25, 0.3) is 5.91 Å². The first-order valence-electron chi connectivity index (χ1n) is 12.3. The predicted octanol–water partition coefficient (Wildman–Crippen LogP) is 4.65. The van der Waals surface area contributed by atoms with E-state index in [1.807, 2.05) is 42.5 Å². The highest BCUT2D eigenvalue weighted by atomic mass is 16.7. The van der Waals surface area contributed by atoms with Gasteiger partial charge in [-0.2, -0.15) is 0 Å². The summed E-state index contributed by atoms with van der Waals surface area (Å²) in [6.07, 6.45) is 1.35. The van der Waals surface area contributed by atoms with Crippen molar-refractivity contribution < 1.29 is 23.8 Å². The van der Waals surface area contributed by atoms with Crippen molar-refractivity contribution in [1.29, 1.82) is 0 Å². The van der Waals surface area contributed by atoms with E-state index in [0.717, 1.165) is 17.7 Å². The molecule has 1 saturated heterocycles. The van der Waals surface area contributed by atoms with Gasteiger partial charge in [-0.3, -0.25) is 9.59 Å². The van der Waals surface area contributed by atoms with Crippen LogP contribution in [-0.2, 0) is 16.0 Å².